The summed E-state index contributed by atoms with van der Waals surface area (Å²) in [7, 11) is 1.83. The fourth-order valence-corrected chi connectivity index (χ4v) is 6.11. The van der Waals surface area contributed by atoms with Crippen LogP contribution in [0.25, 0.3) is 32.8 Å². The summed E-state index contributed by atoms with van der Waals surface area (Å²) >= 11 is 3.50. The Bertz CT molecular complexity index is 1730. The highest BCUT2D eigenvalue weighted by atomic mass is 79.9. The van der Waals surface area contributed by atoms with Gasteiger partial charge in [-0.1, -0.05) is 52.3 Å². The highest BCUT2D eigenvalue weighted by Crippen LogP contribution is 2.40. The van der Waals surface area contributed by atoms with Gasteiger partial charge in [-0.2, -0.15) is 5.10 Å². The van der Waals surface area contributed by atoms with E-state index in [-0.39, 0.29) is 18.1 Å². The molecule has 0 aliphatic heterocycles. The fraction of sp³-hybridized carbons (Fsp3) is 0.312. The number of hydrogen-bond donors (Lipinski definition) is 2. The van der Waals surface area contributed by atoms with Gasteiger partial charge in [-0.05, 0) is 68.3 Å². The zero-order chi connectivity index (χ0) is 29.1. The number of carboxylic acid groups (broad SMARTS) is 1. The first-order valence-corrected chi connectivity index (χ1v) is 15.0. The maximum atomic E-state index is 15.8. The fourth-order valence-electron chi connectivity index (χ4n) is 5.71. The third-order valence-corrected chi connectivity index (χ3v) is 8.21. The minimum absolute atomic E-state index is 0. The molecule has 0 spiro atoms. The van der Waals surface area contributed by atoms with Crippen molar-refractivity contribution in [2.24, 2.45) is 12.8 Å². The van der Waals surface area contributed by atoms with E-state index in [4.69, 9.17) is 10.5 Å². The number of halogens is 3. The number of rotatable bonds is 12. The number of ether oxygens (including phenoxy) is 1. The molecule has 0 unspecified atom stereocenters. The standard InChI is InChI=1S/C32H34BrFN4O3.ClH/c1-20-28(26(19-33)36-37(20)2)29-25(34)15-14-24-23(31(32(39)40)38(30(24)29)17-6-5-16-35)12-8-18-41-27-13-7-10-21-9-3-4-11-22(21)27;/h3-4,7,9-11,13-15H,5-6,8,12,16-19,35H2,1-2H3,(H,39,40);1H. The largest absolute Gasteiger partial charge is 0.493 e. The van der Waals surface area contributed by atoms with E-state index < -0.39 is 11.8 Å². The first-order chi connectivity index (χ1) is 19.9. The van der Waals surface area contributed by atoms with Gasteiger partial charge in [-0.3, -0.25) is 4.68 Å². The van der Waals surface area contributed by atoms with E-state index in [0.29, 0.717) is 72.2 Å². The molecule has 0 radical (unpaired) electrons. The Morgan fingerprint density at radius 1 is 1.05 bits per heavy atom. The van der Waals surface area contributed by atoms with Crippen LogP contribution in [0.15, 0.2) is 54.6 Å². The highest BCUT2D eigenvalue weighted by Gasteiger charge is 2.28. The van der Waals surface area contributed by atoms with Crippen LogP contribution in [0.5, 0.6) is 5.75 Å². The zero-order valence-electron chi connectivity index (χ0n) is 23.7. The highest BCUT2D eigenvalue weighted by molar-refractivity contribution is 9.08. The maximum Gasteiger partial charge on any atom is 0.352 e. The smallest absolute Gasteiger partial charge is 0.352 e. The molecule has 10 heteroatoms. The number of carbonyl (C=O) groups is 1. The molecule has 2 aromatic heterocycles. The summed E-state index contributed by atoms with van der Waals surface area (Å²) in [4.78, 5) is 12.8. The van der Waals surface area contributed by atoms with Crippen LogP contribution in [-0.2, 0) is 25.3 Å². The van der Waals surface area contributed by atoms with Crippen molar-refractivity contribution < 1.29 is 19.0 Å². The molecule has 0 aliphatic carbocycles. The van der Waals surface area contributed by atoms with E-state index >= 15 is 4.39 Å². The number of aromatic nitrogens is 3. The minimum atomic E-state index is -1.03. The Labute approximate surface area is 259 Å². The van der Waals surface area contributed by atoms with Crippen LogP contribution in [-0.4, -0.2) is 38.6 Å². The molecule has 0 saturated carbocycles. The molecule has 5 aromatic rings. The van der Waals surface area contributed by atoms with Gasteiger partial charge in [0, 0.05) is 46.5 Å². The van der Waals surface area contributed by atoms with E-state index in [1.807, 2.05) is 56.4 Å². The number of nitrogens with two attached hydrogens (primary N) is 1. The second kappa shape index (κ2) is 13.7. The maximum absolute atomic E-state index is 15.8. The van der Waals surface area contributed by atoms with Crippen LogP contribution in [0.1, 0.15) is 46.7 Å². The number of alkyl halides is 1. The Morgan fingerprint density at radius 3 is 2.55 bits per heavy atom. The van der Waals surface area contributed by atoms with Gasteiger partial charge in [0.25, 0.3) is 0 Å². The van der Waals surface area contributed by atoms with Gasteiger partial charge in [-0.15, -0.1) is 12.4 Å². The average molecular weight is 658 g/mol. The molecule has 0 bridgehead atoms. The van der Waals surface area contributed by atoms with Gasteiger partial charge in [0.1, 0.15) is 17.3 Å². The number of aryl methyl sites for hydroxylation is 3. The van der Waals surface area contributed by atoms with Crippen molar-refractivity contribution in [1.82, 2.24) is 14.3 Å². The van der Waals surface area contributed by atoms with Crippen LogP contribution < -0.4 is 10.5 Å². The lowest BCUT2D eigenvalue weighted by Crippen LogP contribution is -2.13. The van der Waals surface area contributed by atoms with Gasteiger partial charge in [0.05, 0.1) is 17.8 Å². The van der Waals surface area contributed by atoms with Crippen molar-refractivity contribution in [2.75, 3.05) is 13.2 Å². The van der Waals surface area contributed by atoms with Crippen molar-refractivity contribution in [3.63, 3.8) is 0 Å². The summed E-state index contributed by atoms with van der Waals surface area (Å²) in [5, 5.41) is 18.3. The number of hydrogen-bond acceptors (Lipinski definition) is 4. The Balaban J connectivity index is 0.00000405. The summed E-state index contributed by atoms with van der Waals surface area (Å²) in [6.07, 6.45) is 2.47. The first-order valence-electron chi connectivity index (χ1n) is 13.8. The summed E-state index contributed by atoms with van der Waals surface area (Å²) < 4.78 is 25.5. The quantitative estimate of drug-likeness (QED) is 0.108. The molecular weight excluding hydrogens is 623 g/mol. The van der Waals surface area contributed by atoms with E-state index in [9.17, 15) is 9.90 Å². The molecule has 222 valence electrons. The predicted molar refractivity (Wildman–Crippen MR) is 172 cm³/mol. The molecule has 5 rings (SSSR count). The van der Waals surface area contributed by atoms with Crippen molar-refractivity contribution in [1.29, 1.82) is 0 Å². The lowest BCUT2D eigenvalue weighted by molar-refractivity contribution is 0.0684. The molecule has 0 saturated heterocycles. The third kappa shape index (κ3) is 5.91. The van der Waals surface area contributed by atoms with Gasteiger partial charge in [0.2, 0.25) is 0 Å². The number of carboxylic acids is 1. The van der Waals surface area contributed by atoms with E-state index in [0.717, 1.165) is 34.0 Å². The number of nitrogens with zero attached hydrogens (tertiary/aromatic N) is 3. The molecular formula is C32H35BrClFN4O3. The molecule has 0 amide bonds. The van der Waals surface area contributed by atoms with Crippen molar-refractivity contribution in [2.45, 2.75) is 44.5 Å². The minimum Gasteiger partial charge on any atom is -0.493 e. The molecule has 7 nitrogen and oxygen atoms in total. The van der Waals surface area contributed by atoms with Crippen molar-refractivity contribution in [3.8, 4) is 16.9 Å². The molecule has 2 heterocycles. The summed E-state index contributed by atoms with van der Waals surface area (Å²) in [6, 6.07) is 17.1. The SMILES string of the molecule is Cc1c(-c2c(F)ccc3c(CCCOc4cccc5ccccc45)c(C(=O)O)n(CCCCN)c23)c(CBr)nn1C.Cl. The van der Waals surface area contributed by atoms with Crippen molar-refractivity contribution >= 4 is 56.0 Å². The number of benzene rings is 3. The second-order valence-corrected chi connectivity index (χ2v) is 10.8. The molecule has 3 N–H and O–H groups in total. The molecule has 0 aliphatic rings. The van der Waals surface area contributed by atoms with Crippen LogP contribution in [0, 0.1) is 12.7 Å². The number of aromatic carboxylic acids is 1. The van der Waals surface area contributed by atoms with Gasteiger partial charge < -0.3 is 20.1 Å². The van der Waals surface area contributed by atoms with Crippen molar-refractivity contribution in [3.05, 3.63) is 83.1 Å². The topological polar surface area (TPSA) is 95.3 Å². The van der Waals surface area contributed by atoms with Gasteiger partial charge in [-0.25, -0.2) is 9.18 Å². The van der Waals surface area contributed by atoms with E-state index in [2.05, 4.69) is 21.0 Å². The van der Waals surface area contributed by atoms with Crippen LogP contribution in [0.2, 0.25) is 0 Å². The van der Waals surface area contributed by atoms with Crippen LogP contribution in [0.3, 0.4) is 0 Å². The third-order valence-electron chi connectivity index (χ3n) is 7.68. The lowest BCUT2D eigenvalue weighted by atomic mass is 9.98. The average Bonchev–Trinajstić information content (AvgIpc) is 3.44. The predicted octanol–water partition coefficient (Wildman–Crippen LogP) is 7.41. The van der Waals surface area contributed by atoms with Gasteiger partial charge in [0.15, 0.2) is 0 Å². The zero-order valence-corrected chi connectivity index (χ0v) is 26.1. The van der Waals surface area contributed by atoms with E-state index in [1.54, 1.807) is 15.3 Å². The molecule has 3 aromatic carbocycles. The van der Waals surface area contributed by atoms with Crippen LogP contribution >= 0.6 is 28.3 Å². The Hall–Kier alpha value is -3.40. The second-order valence-electron chi connectivity index (χ2n) is 10.2. The normalized spacial score (nSPS) is 11.3. The summed E-state index contributed by atoms with van der Waals surface area (Å²) in [5.74, 6) is -0.644. The molecule has 42 heavy (non-hydrogen) atoms. The summed E-state index contributed by atoms with van der Waals surface area (Å²) in [5.41, 5.74) is 9.81. The van der Waals surface area contributed by atoms with Gasteiger partial charge >= 0.3 is 5.97 Å². The Kier molecular flexibility index (Phi) is 10.3. The molecule has 0 atom stereocenters. The van der Waals surface area contributed by atoms with Crippen LogP contribution in [0.4, 0.5) is 4.39 Å². The Morgan fingerprint density at radius 2 is 1.81 bits per heavy atom. The number of fused-ring (bicyclic) bond motifs is 2. The number of unbranched alkanes of at least 4 members (excludes halogenated alkanes) is 1. The molecule has 0 fully saturated rings. The van der Waals surface area contributed by atoms with E-state index in [1.165, 1.54) is 6.07 Å². The monoisotopic (exact) mass is 656 g/mol. The first kappa shape index (κ1) is 31.5. The lowest BCUT2D eigenvalue weighted by Gasteiger charge is -2.13. The summed E-state index contributed by atoms with van der Waals surface area (Å²) in [6.45, 7) is 3.23.